The van der Waals surface area contributed by atoms with E-state index < -0.39 is 45.6 Å². The SMILES string of the molecule is CCOC(=O)C1=C[C@@H](C)[C@@]2(S(=O)c3ccc(C)cc3)C(=O)O[C@H](OCC)[C@@H]12. The number of hydrogen-bond acceptors (Lipinski definition) is 6. The first-order valence-electron chi connectivity index (χ1n) is 9.07. The van der Waals surface area contributed by atoms with E-state index in [0.717, 1.165) is 5.56 Å². The molecule has 1 aromatic carbocycles. The Morgan fingerprint density at radius 3 is 2.48 bits per heavy atom. The Balaban J connectivity index is 2.10. The van der Waals surface area contributed by atoms with Crippen molar-refractivity contribution in [3.05, 3.63) is 41.5 Å². The standard InChI is InChI=1S/C20H24O6S/c1-5-24-17(21)15-11-13(4)20(16(15)18(25-6-2)26-19(20)22)27(23)14-9-7-12(3)8-10-14/h7-11,13,16,18H,5-6H2,1-4H3/t13-,16-,18+,20+,27?/m1/s1. The van der Waals surface area contributed by atoms with E-state index in [2.05, 4.69) is 0 Å². The molecule has 0 bridgehead atoms. The minimum atomic E-state index is -1.73. The second-order valence-corrected chi connectivity index (χ2v) is 8.40. The van der Waals surface area contributed by atoms with Gasteiger partial charge < -0.3 is 14.2 Å². The van der Waals surface area contributed by atoms with Crippen LogP contribution in [0, 0.1) is 18.8 Å². The lowest BCUT2D eigenvalue weighted by Gasteiger charge is -2.30. The van der Waals surface area contributed by atoms with Crippen molar-refractivity contribution in [1.82, 2.24) is 0 Å². The van der Waals surface area contributed by atoms with Crippen molar-refractivity contribution in [3.63, 3.8) is 0 Å². The zero-order valence-electron chi connectivity index (χ0n) is 15.9. The Morgan fingerprint density at radius 2 is 1.89 bits per heavy atom. The van der Waals surface area contributed by atoms with Crippen molar-refractivity contribution in [1.29, 1.82) is 0 Å². The molecule has 1 saturated heterocycles. The number of cyclic esters (lactones) is 1. The van der Waals surface area contributed by atoms with Crippen LogP contribution in [0.5, 0.6) is 0 Å². The fourth-order valence-electron chi connectivity index (χ4n) is 3.86. The van der Waals surface area contributed by atoms with Crippen LogP contribution in [0.4, 0.5) is 0 Å². The van der Waals surface area contributed by atoms with Crippen LogP contribution in [-0.2, 0) is 34.6 Å². The molecule has 3 rings (SSSR count). The first-order valence-corrected chi connectivity index (χ1v) is 10.2. The Morgan fingerprint density at radius 1 is 1.22 bits per heavy atom. The lowest BCUT2D eigenvalue weighted by molar-refractivity contribution is -0.166. The first kappa shape index (κ1) is 19.8. The summed E-state index contributed by atoms with van der Waals surface area (Å²) < 4.78 is 28.4. The van der Waals surface area contributed by atoms with Crippen molar-refractivity contribution in [3.8, 4) is 0 Å². The Kier molecular flexibility index (Phi) is 5.53. The number of carbonyl (C=O) groups excluding carboxylic acids is 2. The molecule has 1 fully saturated rings. The van der Waals surface area contributed by atoms with E-state index in [4.69, 9.17) is 14.2 Å². The summed E-state index contributed by atoms with van der Waals surface area (Å²) in [6, 6.07) is 7.18. The average molecular weight is 392 g/mol. The molecule has 0 saturated carbocycles. The number of fused-ring (bicyclic) bond motifs is 1. The molecule has 5 atom stereocenters. The molecule has 1 aliphatic heterocycles. The third kappa shape index (κ3) is 3.02. The predicted molar refractivity (Wildman–Crippen MR) is 99.2 cm³/mol. The van der Waals surface area contributed by atoms with E-state index in [9.17, 15) is 13.8 Å². The summed E-state index contributed by atoms with van der Waals surface area (Å²) in [6.07, 6.45) is 0.721. The van der Waals surface area contributed by atoms with Crippen molar-refractivity contribution < 1.29 is 28.0 Å². The number of benzene rings is 1. The maximum absolute atomic E-state index is 13.6. The Hall–Kier alpha value is -1.99. The molecule has 2 aliphatic rings. The van der Waals surface area contributed by atoms with Gasteiger partial charge in [0.1, 0.15) is 0 Å². The first-order chi connectivity index (χ1) is 12.9. The van der Waals surface area contributed by atoms with Gasteiger partial charge in [0.05, 0.1) is 23.3 Å². The highest BCUT2D eigenvalue weighted by atomic mass is 32.2. The van der Waals surface area contributed by atoms with Gasteiger partial charge in [0.2, 0.25) is 6.29 Å². The molecule has 1 aromatic rings. The number of ether oxygens (including phenoxy) is 3. The molecule has 0 N–H and O–H groups in total. The number of hydrogen-bond donors (Lipinski definition) is 0. The van der Waals surface area contributed by atoms with Crippen LogP contribution in [0.25, 0.3) is 0 Å². The van der Waals surface area contributed by atoms with Gasteiger partial charge in [-0.1, -0.05) is 30.7 Å². The monoisotopic (exact) mass is 392 g/mol. The van der Waals surface area contributed by atoms with Crippen LogP contribution >= 0.6 is 0 Å². The molecular formula is C20H24O6S. The number of esters is 2. The Bertz CT molecular complexity index is 799. The zero-order valence-corrected chi connectivity index (χ0v) is 16.7. The molecule has 6 nitrogen and oxygen atoms in total. The molecular weight excluding hydrogens is 368 g/mol. The van der Waals surface area contributed by atoms with Crippen LogP contribution < -0.4 is 0 Å². The van der Waals surface area contributed by atoms with Gasteiger partial charge >= 0.3 is 11.9 Å². The minimum absolute atomic E-state index is 0.208. The maximum Gasteiger partial charge on any atom is 0.334 e. The van der Waals surface area contributed by atoms with E-state index in [1.165, 1.54) is 0 Å². The largest absolute Gasteiger partial charge is 0.463 e. The van der Waals surface area contributed by atoms with Crippen LogP contribution in [-0.4, -0.2) is 40.4 Å². The second-order valence-electron chi connectivity index (χ2n) is 6.71. The number of allylic oxidation sites excluding steroid dienone is 1. The van der Waals surface area contributed by atoms with Gasteiger partial charge in [0.15, 0.2) is 4.75 Å². The molecule has 1 unspecified atom stereocenters. The molecule has 27 heavy (non-hydrogen) atoms. The summed E-state index contributed by atoms with van der Waals surface area (Å²) in [7, 11) is -1.73. The molecule has 0 amide bonds. The predicted octanol–water partition coefficient (Wildman–Crippen LogP) is 2.52. The summed E-state index contributed by atoms with van der Waals surface area (Å²) in [5.74, 6) is -2.38. The summed E-state index contributed by atoms with van der Waals surface area (Å²) in [6.45, 7) is 7.70. The molecule has 0 radical (unpaired) electrons. The van der Waals surface area contributed by atoms with Crippen molar-refractivity contribution >= 4 is 22.7 Å². The second kappa shape index (κ2) is 7.56. The van der Waals surface area contributed by atoms with Crippen LogP contribution in [0.2, 0.25) is 0 Å². The van der Waals surface area contributed by atoms with Gasteiger partial charge in [-0.3, -0.25) is 9.00 Å². The van der Waals surface area contributed by atoms with Crippen LogP contribution in [0.3, 0.4) is 0 Å². The van der Waals surface area contributed by atoms with E-state index in [-0.39, 0.29) is 6.61 Å². The molecule has 1 aliphatic carbocycles. The van der Waals surface area contributed by atoms with Gasteiger partial charge in [0, 0.05) is 23.0 Å². The van der Waals surface area contributed by atoms with E-state index >= 15 is 0 Å². The summed E-state index contributed by atoms with van der Waals surface area (Å²) >= 11 is 0. The topological polar surface area (TPSA) is 78.9 Å². The molecule has 7 heteroatoms. The Labute approximate surface area is 161 Å². The third-order valence-corrected chi connectivity index (χ3v) is 7.21. The van der Waals surface area contributed by atoms with Gasteiger partial charge in [-0.05, 0) is 32.9 Å². The third-order valence-electron chi connectivity index (χ3n) is 5.10. The normalized spacial score (nSPS) is 30.4. The minimum Gasteiger partial charge on any atom is -0.463 e. The smallest absolute Gasteiger partial charge is 0.334 e. The highest BCUT2D eigenvalue weighted by Gasteiger charge is 2.69. The summed E-state index contributed by atoms with van der Waals surface area (Å²) in [5.41, 5.74) is 1.32. The quantitative estimate of drug-likeness (QED) is 0.692. The van der Waals surface area contributed by atoms with E-state index in [0.29, 0.717) is 17.1 Å². The number of rotatable bonds is 6. The van der Waals surface area contributed by atoms with Crippen molar-refractivity contribution in [2.24, 2.45) is 11.8 Å². The van der Waals surface area contributed by atoms with Gasteiger partial charge in [0.25, 0.3) is 0 Å². The molecule has 146 valence electrons. The molecule has 0 aromatic heterocycles. The van der Waals surface area contributed by atoms with E-state index in [1.807, 2.05) is 19.1 Å². The highest BCUT2D eigenvalue weighted by molar-refractivity contribution is 7.87. The summed E-state index contributed by atoms with van der Waals surface area (Å²) in [4.78, 5) is 26.0. The highest BCUT2D eigenvalue weighted by Crippen LogP contribution is 2.53. The molecule has 1 heterocycles. The van der Waals surface area contributed by atoms with Crippen LogP contribution in [0.15, 0.2) is 40.8 Å². The molecule has 0 spiro atoms. The number of aryl methyl sites for hydroxylation is 1. The van der Waals surface area contributed by atoms with Crippen molar-refractivity contribution in [2.45, 2.75) is 43.6 Å². The lowest BCUT2D eigenvalue weighted by atomic mass is 9.87. The maximum atomic E-state index is 13.6. The number of carbonyl (C=O) groups is 2. The van der Waals surface area contributed by atoms with E-state index in [1.54, 1.807) is 39.0 Å². The lowest BCUT2D eigenvalue weighted by Crippen LogP contribution is -2.49. The average Bonchev–Trinajstić information content (AvgIpc) is 3.10. The van der Waals surface area contributed by atoms with Crippen LogP contribution in [0.1, 0.15) is 26.3 Å². The van der Waals surface area contributed by atoms with Gasteiger partial charge in [-0.25, -0.2) is 4.79 Å². The van der Waals surface area contributed by atoms with Crippen molar-refractivity contribution in [2.75, 3.05) is 13.2 Å². The fraction of sp³-hybridized carbons (Fsp3) is 0.500. The van der Waals surface area contributed by atoms with Gasteiger partial charge in [-0.2, -0.15) is 0 Å². The van der Waals surface area contributed by atoms with Gasteiger partial charge in [-0.15, -0.1) is 0 Å². The summed E-state index contributed by atoms with van der Waals surface area (Å²) in [5, 5.41) is 0. The zero-order chi connectivity index (χ0) is 19.8. The fourth-order valence-corrected chi connectivity index (χ4v) is 5.71.